The van der Waals surface area contributed by atoms with Crippen LogP contribution in [0.25, 0.3) is 0 Å². The Morgan fingerprint density at radius 2 is 1.00 bits per heavy atom. The van der Waals surface area contributed by atoms with Crippen molar-refractivity contribution in [2.45, 2.75) is 0 Å². The van der Waals surface area contributed by atoms with Crippen molar-refractivity contribution in [2.75, 3.05) is 0 Å². The molecule has 0 unspecified atom stereocenters. The van der Waals surface area contributed by atoms with Gasteiger partial charge < -0.3 is 0 Å². The van der Waals surface area contributed by atoms with Gasteiger partial charge in [-0.3, -0.25) is 4.70 Å². The van der Waals surface area contributed by atoms with Gasteiger partial charge in [0, 0.05) is 63.1 Å². The predicted octanol–water partition coefficient (Wildman–Crippen LogP) is -0.233. The standard InChI is InChI=1S/FH.Mn.Na.Ni/h1H;;;. The molecule has 0 aromatic rings. The third kappa shape index (κ3) is 9.05. The van der Waals surface area contributed by atoms with Gasteiger partial charge in [-0.15, -0.1) is 0 Å². The van der Waals surface area contributed by atoms with E-state index in [0.717, 1.165) is 0 Å². The van der Waals surface area contributed by atoms with E-state index in [2.05, 4.69) is 0 Å². The molecule has 0 aromatic carbocycles. The van der Waals surface area contributed by atoms with E-state index in [9.17, 15) is 0 Å². The van der Waals surface area contributed by atoms with Crippen molar-refractivity contribution in [1.82, 2.24) is 0 Å². The quantitative estimate of drug-likeness (QED) is 0.425. The number of rotatable bonds is 0. The fourth-order valence-electron chi connectivity index (χ4n) is 0. The second kappa shape index (κ2) is 20.4. The molecule has 26 valence electrons. The van der Waals surface area contributed by atoms with Crippen molar-refractivity contribution in [3.05, 3.63) is 0 Å². The fourth-order valence-corrected chi connectivity index (χ4v) is 0. The van der Waals surface area contributed by atoms with E-state index < -0.39 is 0 Å². The smallest absolute Gasteiger partial charge is 0 e. The summed E-state index contributed by atoms with van der Waals surface area (Å²) in [5, 5.41) is 0. The van der Waals surface area contributed by atoms with Gasteiger partial charge in [0.25, 0.3) is 0 Å². The van der Waals surface area contributed by atoms with Crippen molar-refractivity contribution >= 4 is 29.6 Å². The first-order valence-corrected chi connectivity index (χ1v) is 0. The zero-order chi connectivity index (χ0) is 0. The van der Waals surface area contributed by atoms with Gasteiger partial charge in [-0.05, 0) is 0 Å². The summed E-state index contributed by atoms with van der Waals surface area (Å²) >= 11 is 0. The van der Waals surface area contributed by atoms with E-state index in [-0.39, 0.29) is 67.8 Å². The predicted molar refractivity (Wildman–Crippen MR) is 8.26 cm³/mol. The van der Waals surface area contributed by atoms with Crippen LogP contribution in [0.5, 0.6) is 0 Å². The van der Waals surface area contributed by atoms with Gasteiger partial charge in [0.15, 0.2) is 0 Å². The average molecular weight is 157 g/mol. The van der Waals surface area contributed by atoms with Gasteiger partial charge >= 0.3 is 0 Å². The zero-order valence-corrected chi connectivity index (χ0v) is 6.27. The van der Waals surface area contributed by atoms with Crippen LogP contribution in [-0.2, 0) is 33.6 Å². The second-order valence-electron chi connectivity index (χ2n) is 0. The minimum atomic E-state index is 0. The van der Waals surface area contributed by atoms with E-state index in [1.54, 1.807) is 0 Å². The summed E-state index contributed by atoms with van der Waals surface area (Å²) < 4.78 is 0. The maximum absolute atomic E-state index is 0. The topological polar surface area (TPSA) is 0 Å². The van der Waals surface area contributed by atoms with Crippen molar-refractivity contribution < 1.29 is 38.3 Å². The van der Waals surface area contributed by atoms with E-state index in [0.29, 0.717) is 0 Å². The molecular formula is HFMnNaNi. The van der Waals surface area contributed by atoms with Gasteiger partial charge in [0.1, 0.15) is 0 Å². The van der Waals surface area contributed by atoms with Crippen molar-refractivity contribution in [3.8, 4) is 0 Å². The second-order valence-corrected chi connectivity index (χ2v) is 0. The van der Waals surface area contributed by atoms with Crippen LogP contribution >= 0.6 is 0 Å². The molecule has 4 heavy (non-hydrogen) atoms. The Hall–Kier alpha value is 1.94. The Morgan fingerprint density at radius 3 is 1.00 bits per heavy atom. The van der Waals surface area contributed by atoms with Crippen LogP contribution in [0.3, 0.4) is 0 Å². The summed E-state index contributed by atoms with van der Waals surface area (Å²) in [5.41, 5.74) is 0. The third-order valence-electron chi connectivity index (χ3n) is 0. The average Bonchev–Trinajstić information content (AvgIpc) is 0. The molecule has 0 rings (SSSR count). The van der Waals surface area contributed by atoms with Gasteiger partial charge in [0.05, 0.1) is 0 Å². The van der Waals surface area contributed by atoms with Crippen LogP contribution in [0.4, 0.5) is 4.70 Å². The number of hydrogen-bond acceptors (Lipinski definition) is 0. The molecule has 0 aromatic heterocycles. The van der Waals surface area contributed by atoms with Crippen LogP contribution in [0.2, 0.25) is 0 Å². The minimum absolute atomic E-state index is 0. The molecule has 0 nitrogen and oxygen atoms in total. The molecule has 0 aliphatic carbocycles. The van der Waals surface area contributed by atoms with E-state index in [1.165, 1.54) is 0 Å². The molecule has 0 fully saturated rings. The van der Waals surface area contributed by atoms with Crippen molar-refractivity contribution in [2.24, 2.45) is 0 Å². The molecule has 0 amide bonds. The Kier molecular flexibility index (Phi) is 196. The summed E-state index contributed by atoms with van der Waals surface area (Å²) in [6.07, 6.45) is 0. The molecule has 2 radical (unpaired) electrons. The van der Waals surface area contributed by atoms with Gasteiger partial charge in [0.2, 0.25) is 0 Å². The van der Waals surface area contributed by atoms with Crippen LogP contribution in [-0.4, -0.2) is 29.6 Å². The molecule has 4 heteroatoms. The molecular weight excluding hydrogens is 156 g/mol. The Labute approximate surface area is 67.2 Å². The van der Waals surface area contributed by atoms with Crippen LogP contribution in [0.15, 0.2) is 0 Å². The SMILES string of the molecule is F.[Mn].[Na].[Ni]. The Balaban J connectivity index is 0. The molecule has 0 N–H and O–H groups in total. The van der Waals surface area contributed by atoms with E-state index in [4.69, 9.17) is 0 Å². The molecule has 0 saturated carbocycles. The molecule has 0 saturated heterocycles. The molecule has 0 spiro atoms. The van der Waals surface area contributed by atoms with Crippen LogP contribution < -0.4 is 0 Å². The molecule has 0 bridgehead atoms. The van der Waals surface area contributed by atoms with Gasteiger partial charge in [-0.2, -0.15) is 0 Å². The van der Waals surface area contributed by atoms with Gasteiger partial charge in [-0.25, -0.2) is 0 Å². The fraction of sp³-hybridized carbons (Fsp3) is 0. The van der Waals surface area contributed by atoms with Crippen LogP contribution in [0, 0.1) is 0 Å². The first-order chi connectivity index (χ1) is 0. The van der Waals surface area contributed by atoms with Crippen molar-refractivity contribution in [3.63, 3.8) is 0 Å². The Morgan fingerprint density at radius 1 is 1.00 bits per heavy atom. The maximum Gasteiger partial charge on any atom is 0 e. The first-order valence-electron chi connectivity index (χ1n) is 0. The van der Waals surface area contributed by atoms with Crippen molar-refractivity contribution in [1.29, 1.82) is 0 Å². The summed E-state index contributed by atoms with van der Waals surface area (Å²) in [5.74, 6) is 0. The third-order valence-corrected chi connectivity index (χ3v) is 0. The molecule has 0 atom stereocenters. The molecule has 0 aliphatic heterocycles. The molecule has 0 aliphatic rings. The monoisotopic (exact) mass is 156 g/mol. The summed E-state index contributed by atoms with van der Waals surface area (Å²) in [4.78, 5) is 0. The van der Waals surface area contributed by atoms with Crippen LogP contribution in [0.1, 0.15) is 0 Å². The number of hydrogen-bond donors (Lipinski definition) is 0. The number of halogens is 1. The zero-order valence-electron chi connectivity index (χ0n) is 2.10. The molecule has 0 heterocycles. The maximum atomic E-state index is 0. The van der Waals surface area contributed by atoms with E-state index in [1.807, 2.05) is 0 Å². The summed E-state index contributed by atoms with van der Waals surface area (Å²) in [6.45, 7) is 0. The minimum Gasteiger partial charge on any atom is -0.269 e. The summed E-state index contributed by atoms with van der Waals surface area (Å²) in [7, 11) is 0. The first kappa shape index (κ1) is 38.5. The Bertz CT molecular complexity index is 8.00. The normalized spacial score (nSPS) is 0. The summed E-state index contributed by atoms with van der Waals surface area (Å²) in [6, 6.07) is 0. The van der Waals surface area contributed by atoms with Gasteiger partial charge in [-0.1, -0.05) is 0 Å². The van der Waals surface area contributed by atoms with E-state index >= 15 is 0 Å². The largest absolute Gasteiger partial charge is 0.269 e.